The molecule has 0 aliphatic carbocycles. The number of aromatic nitrogens is 2. The number of amides is 1. The molecular formula is C17H22N4OS. The summed E-state index contributed by atoms with van der Waals surface area (Å²) in [6.07, 6.45) is 7.75. The molecule has 0 saturated carbocycles. The second-order valence-corrected chi connectivity index (χ2v) is 6.83. The molecule has 1 saturated heterocycles. The van der Waals surface area contributed by atoms with Crippen molar-refractivity contribution in [2.45, 2.75) is 38.8 Å². The van der Waals surface area contributed by atoms with Crippen molar-refractivity contribution in [1.82, 2.24) is 20.2 Å². The van der Waals surface area contributed by atoms with E-state index in [1.54, 1.807) is 23.7 Å². The predicted molar refractivity (Wildman–Crippen MR) is 91.0 cm³/mol. The van der Waals surface area contributed by atoms with Gasteiger partial charge in [0.25, 0.3) is 0 Å². The summed E-state index contributed by atoms with van der Waals surface area (Å²) in [7, 11) is 0. The van der Waals surface area contributed by atoms with Gasteiger partial charge in [0.05, 0.1) is 18.7 Å². The van der Waals surface area contributed by atoms with E-state index >= 15 is 0 Å². The van der Waals surface area contributed by atoms with Gasteiger partial charge in [0.2, 0.25) is 5.91 Å². The number of likely N-dealkylation sites (tertiary alicyclic amines) is 1. The normalized spacial score (nSPS) is 15.5. The lowest BCUT2D eigenvalue weighted by molar-refractivity contribution is -0.120. The van der Waals surface area contributed by atoms with Gasteiger partial charge in [0.1, 0.15) is 5.01 Å². The fourth-order valence-corrected chi connectivity index (χ4v) is 3.58. The van der Waals surface area contributed by atoms with E-state index in [1.807, 2.05) is 17.5 Å². The van der Waals surface area contributed by atoms with E-state index in [2.05, 4.69) is 20.2 Å². The first-order valence-corrected chi connectivity index (χ1v) is 8.99. The first kappa shape index (κ1) is 16.1. The average molecular weight is 330 g/mol. The number of carbonyl (C=O) groups is 1. The zero-order chi connectivity index (χ0) is 15.9. The van der Waals surface area contributed by atoms with Gasteiger partial charge in [0, 0.05) is 24.3 Å². The second kappa shape index (κ2) is 8.17. The lowest BCUT2D eigenvalue weighted by Crippen LogP contribution is -2.29. The highest BCUT2D eigenvalue weighted by molar-refractivity contribution is 7.09. The van der Waals surface area contributed by atoms with Crippen LogP contribution in [-0.2, 0) is 24.3 Å². The number of hydrogen-bond donors (Lipinski definition) is 1. The van der Waals surface area contributed by atoms with Gasteiger partial charge in [-0.25, -0.2) is 4.98 Å². The van der Waals surface area contributed by atoms with Crippen LogP contribution in [0.1, 0.15) is 35.5 Å². The molecule has 6 heteroatoms. The molecule has 2 aromatic rings. The molecule has 0 spiro atoms. The highest BCUT2D eigenvalue weighted by atomic mass is 32.1. The number of pyridine rings is 1. The number of hydrogen-bond acceptors (Lipinski definition) is 5. The lowest BCUT2D eigenvalue weighted by Gasteiger charge is -2.25. The summed E-state index contributed by atoms with van der Waals surface area (Å²) in [5.41, 5.74) is 1.87. The first-order valence-electron chi connectivity index (χ1n) is 8.11. The Labute approximate surface area is 140 Å². The summed E-state index contributed by atoms with van der Waals surface area (Å²) in [6.45, 7) is 3.76. The zero-order valence-electron chi connectivity index (χ0n) is 13.2. The van der Waals surface area contributed by atoms with Crippen molar-refractivity contribution in [2.75, 3.05) is 13.1 Å². The Morgan fingerprint density at radius 3 is 2.96 bits per heavy atom. The van der Waals surface area contributed by atoms with Crippen LogP contribution < -0.4 is 5.32 Å². The van der Waals surface area contributed by atoms with Crippen LogP contribution >= 0.6 is 11.3 Å². The maximum absolute atomic E-state index is 12.0. The van der Waals surface area contributed by atoms with Gasteiger partial charge in [-0.15, -0.1) is 11.3 Å². The quantitative estimate of drug-likeness (QED) is 0.883. The molecule has 5 nitrogen and oxygen atoms in total. The monoisotopic (exact) mass is 330 g/mol. The number of piperidine rings is 1. The molecular weight excluding hydrogens is 308 g/mol. The fraction of sp³-hybridized carbons (Fsp3) is 0.471. The third-order valence-corrected chi connectivity index (χ3v) is 4.84. The van der Waals surface area contributed by atoms with E-state index in [4.69, 9.17) is 0 Å². The summed E-state index contributed by atoms with van der Waals surface area (Å²) in [6, 6.07) is 3.82. The van der Waals surface area contributed by atoms with E-state index in [1.165, 1.54) is 32.4 Å². The number of carbonyl (C=O) groups excluding carboxylic acids is 1. The minimum Gasteiger partial charge on any atom is -0.352 e. The van der Waals surface area contributed by atoms with Crippen LogP contribution in [-0.4, -0.2) is 33.9 Å². The van der Waals surface area contributed by atoms with E-state index in [9.17, 15) is 4.79 Å². The summed E-state index contributed by atoms with van der Waals surface area (Å²) in [5, 5.41) is 6.03. The molecule has 2 aromatic heterocycles. The largest absolute Gasteiger partial charge is 0.352 e. The van der Waals surface area contributed by atoms with Gasteiger partial charge in [-0.05, 0) is 37.6 Å². The molecule has 1 fully saturated rings. The van der Waals surface area contributed by atoms with E-state index in [0.29, 0.717) is 13.0 Å². The molecule has 1 aliphatic heterocycles. The van der Waals surface area contributed by atoms with E-state index in [0.717, 1.165) is 22.8 Å². The van der Waals surface area contributed by atoms with Crippen molar-refractivity contribution in [3.05, 3.63) is 46.2 Å². The number of thiazole rings is 1. The minimum absolute atomic E-state index is 0.00340. The van der Waals surface area contributed by atoms with Crippen molar-refractivity contribution in [1.29, 1.82) is 0 Å². The molecule has 0 bridgehead atoms. The maximum Gasteiger partial charge on any atom is 0.226 e. The van der Waals surface area contributed by atoms with Gasteiger partial charge in [-0.1, -0.05) is 12.5 Å². The molecule has 0 radical (unpaired) electrons. The molecule has 23 heavy (non-hydrogen) atoms. The van der Waals surface area contributed by atoms with E-state index < -0.39 is 0 Å². The Bertz CT molecular complexity index is 623. The van der Waals surface area contributed by atoms with Crippen LogP contribution in [0, 0.1) is 0 Å². The molecule has 122 valence electrons. The van der Waals surface area contributed by atoms with Crippen molar-refractivity contribution >= 4 is 17.2 Å². The maximum atomic E-state index is 12.0. The van der Waals surface area contributed by atoms with Gasteiger partial charge in [-0.2, -0.15) is 0 Å². The van der Waals surface area contributed by atoms with Crippen LogP contribution in [0.2, 0.25) is 0 Å². The Hall–Kier alpha value is -1.79. The first-order chi connectivity index (χ1) is 11.3. The van der Waals surface area contributed by atoms with Crippen molar-refractivity contribution in [3.8, 4) is 0 Å². The number of nitrogens with one attached hydrogen (secondary N) is 1. The van der Waals surface area contributed by atoms with Crippen molar-refractivity contribution in [2.24, 2.45) is 0 Å². The lowest BCUT2D eigenvalue weighted by atomic mass is 10.1. The Morgan fingerprint density at radius 1 is 1.30 bits per heavy atom. The van der Waals surface area contributed by atoms with Crippen LogP contribution in [0.4, 0.5) is 0 Å². The summed E-state index contributed by atoms with van der Waals surface area (Å²) in [4.78, 5) is 23.1. The summed E-state index contributed by atoms with van der Waals surface area (Å²) in [5.74, 6) is 0.00340. The number of rotatable bonds is 6. The summed E-state index contributed by atoms with van der Waals surface area (Å²) >= 11 is 1.66. The molecule has 0 aromatic carbocycles. The predicted octanol–water partition coefficient (Wildman–Crippen LogP) is 2.38. The van der Waals surface area contributed by atoms with Crippen LogP contribution in [0.5, 0.6) is 0 Å². The highest BCUT2D eigenvalue weighted by Gasteiger charge is 2.13. The minimum atomic E-state index is 0.00340. The molecule has 3 heterocycles. The van der Waals surface area contributed by atoms with Gasteiger partial charge >= 0.3 is 0 Å². The SMILES string of the molecule is O=C(Cc1csc(CN2CCCCC2)n1)NCc1cccnc1. The second-order valence-electron chi connectivity index (χ2n) is 5.88. The highest BCUT2D eigenvalue weighted by Crippen LogP contribution is 2.16. The Balaban J connectivity index is 1.45. The fourth-order valence-electron chi connectivity index (χ4n) is 2.74. The Kier molecular flexibility index (Phi) is 5.71. The van der Waals surface area contributed by atoms with Gasteiger partial charge in [0.15, 0.2) is 0 Å². The molecule has 0 unspecified atom stereocenters. The summed E-state index contributed by atoms with van der Waals surface area (Å²) < 4.78 is 0. The third kappa shape index (κ3) is 5.11. The standard InChI is InChI=1S/C17H22N4OS/c22-16(19-11-14-5-4-6-18-10-14)9-15-13-23-17(20-15)12-21-7-2-1-3-8-21/h4-6,10,13H,1-3,7-9,11-12H2,(H,19,22). The molecule has 3 rings (SSSR count). The van der Waals surface area contributed by atoms with Crippen LogP contribution in [0.25, 0.3) is 0 Å². The zero-order valence-corrected chi connectivity index (χ0v) is 14.0. The Morgan fingerprint density at radius 2 is 2.17 bits per heavy atom. The number of nitrogens with zero attached hydrogens (tertiary/aromatic N) is 3. The third-order valence-electron chi connectivity index (χ3n) is 3.96. The van der Waals surface area contributed by atoms with Crippen molar-refractivity contribution < 1.29 is 4.79 Å². The molecule has 1 amide bonds. The van der Waals surface area contributed by atoms with Crippen LogP contribution in [0.3, 0.4) is 0 Å². The van der Waals surface area contributed by atoms with Gasteiger partial charge in [-0.3, -0.25) is 14.7 Å². The van der Waals surface area contributed by atoms with Crippen molar-refractivity contribution in [3.63, 3.8) is 0 Å². The molecule has 1 aliphatic rings. The van der Waals surface area contributed by atoms with Gasteiger partial charge < -0.3 is 5.32 Å². The van der Waals surface area contributed by atoms with Crippen LogP contribution in [0.15, 0.2) is 29.9 Å². The van der Waals surface area contributed by atoms with E-state index in [-0.39, 0.29) is 5.91 Å². The molecule has 1 N–H and O–H groups in total. The smallest absolute Gasteiger partial charge is 0.226 e. The topological polar surface area (TPSA) is 58.1 Å². The molecule has 0 atom stereocenters. The average Bonchev–Trinajstić information content (AvgIpc) is 3.02.